The van der Waals surface area contributed by atoms with Crippen LogP contribution in [0.3, 0.4) is 0 Å². The van der Waals surface area contributed by atoms with E-state index in [1.54, 1.807) is 25.1 Å². The molecular formula is C14H19NO5. The fraction of sp³-hybridized carbons (Fsp3) is 0.429. The van der Waals surface area contributed by atoms with Gasteiger partial charge in [-0.25, -0.2) is 4.79 Å². The Morgan fingerprint density at radius 2 is 2.05 bits per heavy atom. The number of hydrogen-bond donors (Lipinski definition) is 3. The number of carbonyl (C=O) groups excluding carboxylic acids is 2. The van der Waals surface area contributed by atoms with E-state index < -0.39 is 18.2 Å². The van der Waals surface area contributed by atoms with E-state index in [0.717, 1.165) is 0 Å². The Kier molecular flexibility index (Phi) is 6.14. The SMILES string of the molecule is CCOC(=O)c1cccc(C(O)C(O)CNC(C)=O)c1. The van der Waals surface area contributed by atoms with Crippen molar-refractivity contribution in [2.24, 2.45) is 0 Å². The molecule has 20 heavy (non-hydrogen) atoms. The van der Waals surface area contributed by atoms with Crippen molar-refractivity contribution in [1.82, 2.24) is 5.32 Å². The average molecular weight is 281 g/mol. The van der Waals surface area contributed by atoms with Gasteiger partial charge in [0.05, 0.1) is 12.2 Å². The molecule has 0 saturated carbocycles. The molecule has 0 aliphatic heterocycles. The standard InChI is InChI=1S/C14H19NO5/c1-3-20-14(19)11-6-4-5-10(7-11)13(18)12(17)8-15-9(2)16/h4-7,12-13,17-18H,3,8H2,1-2H3,(H,15,16). The fourth-order valence-electron chi connectivity index (χ4n) is 1.65. The second kappa shape index (κ2) is 7.62. The number of nitrogens with one attached hydrogen (secondary N) is 1. The van der Waals surface area contributed by atoms with E-state index in [1.807, 2.05) is 0 Å². The number of hydrogen-bond acceptors (Lipinski definition) is 5. The van der Waals surface area contributed by atoms with Crippen molar-refractivity contribution in [2.45, 2.75) is 26.1 Å². The molecule has 6 nitrogen and oxygen atoms in total. The molecule has 0 bridgehead atoms. The van der Waals surface area contributed by atoms with Crippen LogP contribution in [0.4, 0.5) is 0 Å². The van der Waals surface area contributed by atoms with Gasteiger partial charge in [0.25, 0.3) is 0 Å². The molecule has 0 radical (unpaired) electrons. The van der Waals surface area contributed by atoms with Crippen LogP contribution in [0.1, 0.15) is 35.9 Å². The van der Waals surface area contributed by atoms with Crippen LogP contribution in [-0.2, 0) is 9.53 Å². The summed E-state index contributed by atoms with van der Waals surface area (Å²) in [5.41, 5.74) is 0.684. The van der Waals surface area contributed by atoms with Crippen LogP contribution in [-0.4, -0.2) is 41.3 Å². The Labute approximate surface area is 117 Å². The third-order valence-corrected chi connectivity index (χ3v) is 2.66. The van der Waals surface area contributed by atoms with E-state index in [-0.39, 0.29) is 19.1 Å². The molecule has 0 fully saturated rings. The van der Waals surface area contributed by atoms with Crippen LogP contribution in [0, 0.1) is 0 Å². The van der Waals surface area contributed by atoms with E-state index in [1.165, 1.54) is 13.0 Å². The summed E-state index contributed by atoms with van der Waals surface area (Å²) in [6.07, 6.45) is -2.35. The summed E-state index contributed by atoms with van der Waals surface area (Å²) in [6.45, 7) is 3.21. The zero-order valence-electron chi connectivity index (χ0n) is 11.5. The molecule has 1 aromatic rings. The predicted molar refractivity (Wildman–Crippen MR) is 72.0 cm³/mol. The highest BCUT2D eigenvalue weighted by molar-refractivity contribution is 5.89. The third kappa shape index (κ3) is 4.64. The number of carbonyl (C=O) groups is 2. The van der Waals surface area contributed by atoms with Gasteiger partial charge in [-0.2, -0.15) is 0 Å². The molecule has 0 saturated heterocycles. The summed E-state index contributed by atoms with van der Waals surface area (Å²) in [5.74, 6) is -0.783. The van der Waals surface area contributed by atoms with Crippen LogP contribution in [0.25, 0.3) is 0 Å². The lowest BCUT2D eigenvalue weighted by atomic mass is 10.0. The first-order chi connectivity index (χ1) is 9.45. The highest BCUT2D eigenvalue weighted by atomic mass is 16.5. The molecule has 3 N–H and O–H groups in total. The van der Waals surface area contributed by atoms with E-state index in [9.17, 15) is 19.8 Å². The zero-order valence-corrected chi connectivity index (χ0v) is 11.5. The number of aliphatic hydroxyl groups is 2. The number of ether oxygens (including phenoxy) is 1. The Balaban J connectivity index is 2.77. The fourth-order valence-corrected chi connectivity index (χ4v) is 1.65. The highest BCUT2D eigenvalue weighted by Gasteiger charge is 2.19. The number of esters is 1. The maximum absolute atomic E-state index is 11.6. The molecule has 0 aromatic heterocycles. The van der Waals surface area contributed by atoms with Gasteiger partial charge in [0.2, 0.25) is 5.91 Å². The summed E-state index contributed by atoms with van der Waals surface area (Å²) in [7, 11) is 0. The molecule has 2 unspecified atom stereocenters. The number of benzene rings is 1. The Morgan fingerprint density at radius 1 is 1.35 bits per heavy atom. The maximum Gasteiger partial charge on any atom is 0.338 e. The summed E-state index contributed by atoms with van der Waals surface area (Å²) < 4.78 is 4.86. The van der Waals surface area contributed by atoms with Gasteiger partial charge in [-0.1, -0.05) is 12.1 Å². The molecular weight excluding hydrogens is 262 g/mol. The minimum Gasteiger partial charge on any atom is -0.462 e. The summed E-state index contributed by atoms with van der Waals surface area (Å²) in [5, 5.41) is 22.2. The highest BCUT2D eigenvalue weighted by Crippen LogP contribution is 2.18. The first-order valence-electron chi connectivity index (χ1n) is 6.33. The normalized spacial score (nSPS) is 13.4. The maximum atomic E-state index is 11.6. The van der Waals surface area contributed by atoms with Crippen molar-refractivity contribution in [3.63, 3.8) is 0 Å². The first kappa shape index (κ1) is 16.1. The third-order valence-electron chi connectivity index (χ3n) is 2.66. The smallest absolute Gasteiger partial charge is 0.338 e. The van der Waals surface area contributed by atoms with Crippen LogP contribution in [0.5, 0.6) is 0 Å². The van der Waals surface area contributed by atoms with Gasteiger partial charge in [0.15, 0.2) is 0 Å². The van der Waals surface area contributed by atoms with E-state index >= 15 is 0 Å². The topological polar surface area (TPSA) is 95.9 Å². The van der Waals surface area contributed by atoms with Crippen molar-refractivity contribution in [1.29, 1.82) is 0 Å². The predicted octanol–water partition coefficient (Wildman–Crippen LogP) is 0.394. The Hall–Kier alpha value is -1.92. The zero-order chi connectivity index (χ0) is 15.1. The Bertz CT molecular complexity index is 474. The quantitative estimate of drug-likeness (QED) is 0.656. The summed E-state index contributed by atoms with van der Waals surface area (Å²) in [4.78, 5) is 22.3. The van der Waals surface area contributed by atoms with Crippen molar-refractivity contribution < 1.29 is 24.5 Å². The molecule has 1 amide bonds. The molecule has 0 heterocycles. The van der Waals surface area contributed by atoms with Crippen LogP contribution < -0.4 is 5.32 Å². The van der Waals surface area contributed by atoms with Gasteiger partial charge >= 0.3 is 5.97 Å². The van der Waals surface area contributed by atoms with Gasteiger partial charge in [0.1, 0.15) is 12.2 Å². The molecule has 6 heteroatoms. The minimum atomic E-state index is -1.20. The largest absolute Gasteiger partial charge is 0.462 e. The van der Waals surface area contributed by atoms with E-state index in [2.05, 4.69) is 5.32 Å². The number of rotatable bonds is 6. The lowest BCUT2D eigenvalue weighted by Crippen LogP contribution is -2.34. The lowest BCUT2D eigenvalue weighted by molar-refractivity contribution is -0.119. The van der Waals surface area contributed by atoms with E-state index in [0.29, 0.717) is 11.1 Å². The summed E-state index contributed by atoms with van der Waals surface area (Å²) in [6, 6.07) is 6.20. The molecule has 0 aliphatic rings. The molecule has 0 spiro atoms. The van der Waals surface area contributed by atoms with Crippen LogP contribution in [0.15, 0.2) is 24.3 Å². The van der Waals surface area contributed by atoms with Crippen molar-refractivity contribution in [3.8, 4) is 0 Å². The molecule has 1 rings (SSSR count). The average Bonchev–Trinajstić information content (AvgIpc) is 2.44. The van der Waals surface area contributed by atoms with Crippen LogP contribution in [0.2, 0.25) is 0 Å². The molecule has 1 aromatic carbocycles. The Morgan fingerprint density at radius 3 is 2.65 bits per heavy atom. The van der Waals surface area contributed by atoms with Crippen molar-refractivity contribution in [2.75, 3.05) is 13.2 Å². The van der Waals surface area contributed by atoms with Gasteiger partial charge in [-0.3, -0.25) is 4.79 Å². The second-order valence-corrected chi connectivity index (χ2v) is 4.30. The first-order valence-corrected chi connectivity index (χ1v) is 6.33. The van der Waals surface area contributed by atoms with Gasteiger partial charge in [0, 0.05) is 13.5 Å². The molecule has 0 aliphatic carbocycles. The van der Waals surface area contributed by atoms with E-state index in [4.69, 9.17) is 4.74 Å². The van der Waals surface area contributed by atoms with Crippen molar-refractivity contribution in [3.05, 3.63) is 35.4 Å². The van der Waals surface area contributed by atoms with Gasteiger partial charge < -0.3 is 20.3 Å². The minimum absolute atomic E-state index is 0.0693. The number of aliphatic hydroxyl groups excluding tert-OH is 2. The van der Waals surface area contributed by atoms with Crippen molar-refractivity contribution >= 4 is 11.9 Å². The van der Waals surface area contributed by atoms with Gasteiger partial charge in [-0.15, -0.1) is 0 Å². The lowest BCUT2D eigenvalue weighted by Gasteiger charge is -2.18. The van der Waals surface area contributed by atoms with Gasteiger partial charge in [-0.05, 0) is 24.6 Å². The number of amides is 1. The second-order valence-electron chi connectivity index (χ2n) is 4.30. The molecule has 110 valence electrons. The monoisotopic (exact) mass is 281 g/mol. The van der Waals surface area contributed by atoms with Crippen LogP contribution >= 0.6 is 0 Å². The molecule has 2 atom stereocenters. The summed E-state index contributed by atoms with van der Waals surface area (Å²) >= 11 is 0.